The Kier molecular flexibility index (Phi) is 3.84. The molecule has 2 rings (SSSR count). The van der Waals surface area contributed by atoms with Gasteiger partial charge in [-0.15, -0.1) is 0 Å². The third-order valence-electron chi connectivity index (χ3n) is 2.72. The molecule has 88 valence electrons. The zero-order chi connectivity index (χ0) is 11.5. The van der Waals surface area contributed by atoms with Gasteiger partial charge in [0.1, 0.15) is 11.9 Å². The summed E-state index contributed by atoms with van der Waals surface area (Å²) in [4.78, 5) is 0. The topological polar surface area (TPSA) is 29.5 Å². The number of benzene rings is 1. The van der Waals surface area contributed by atoms with Gasteiger partial charge < -0.3 is 9.84 Å². The van der Waals surface area contributed by atoms with E-state index in [1.807, 2.05) is 0 Å². The SMILES string of the molecule is Cc1cc(C(O)C2CSCCO2)ccc1F. The molecule has 2 nitrogen and oxygen atoms in total. The van der Waals surface area contributed by atoms with E-state index in [0.717, 1.165) is 17.1 Å². The van der Waals surface area contributed by atoms with Crippen molar-refractivity contribution in [1.29, 1.82) is 0 Å². The minimum atomic E-state index is -0.660. The minimum absolute atomic E-state index is 0.177. The van der Waals surface area contributed by atoms with E-state index in [0.29, 0.717) is 12.2 Å². The van der Waals surface area contributed by atoms with Crippen molar-refractivity contribution >= 4 is 11.8 Å². The molecule has 1 N–H and O–H groups in total. The fraction of sp³-hybridized carbons (Fsp3) is 0.500. The van der Waals surface area contributed by atoms with E-state index in [4.69, 9.17) is 4.74 Å². The van der Waals surface area contributed by atoms with Crippen molar-refractivity contribution in [1.82, 2.24) is 0 Å². The van der Waals surface area contributed by atoms with Crippen molar-refractivity contribution in [2.24, 2.45) is 0 Å². The number of halogens is 1. The van der Waals surface area contributed by atoms with E-state index in [1.165, 1.54) is 6.07 Å². The number of ether oxygens (including phenoxy) is 1. The molecule has 0 spiro atoms. The molecule has 0 aliphatic carbocycles. The van der Waals surface area contributed by atoms with Gasteiger partial charge in [-0.05, 0) is 24.1 Å². The number of thioether (sulfide) groups is 1. The van der Waals surface area contributed by atoms with E-state index < -0.39 is 6.10 Å². The van der Waals surface area contributed by atoms with Crippen LogP contribution < -0.4 is 0 Å². The van der Waals surface area contributed by atoms with E-state index in [-0.39, 0.29) is 11.9 Å². The second kappa shape index (κ2) is 5.17. The van der Waals surface area contributed by atoms with Crippen molar-refractivity contribution in [3.8, 4) is 0 Å². The molecule has 0 bridgehead atoms. The zero-order valence-electron chi connectivity index (χ0n) is 9.15. The summed E-state index contributed by atoms with van der Waals surface area (Å²) in [7, 11) is 0. The molecule has 2 unspecified atom stereocenters. The predicted octanol–water partition coefficient (Wildman–Crippen LogP) is 2.30. The quantitative estimate of drug-likeness (QED) is 0.863. The normalized spacial score (nSPS) is 23.1. The highest BCUT2D eigenvalue weighted by atomic mass is 32.2. The maximum absolute atomic E-state index is 13.1. The van der Waals surface area contributed by atoms with Gasteiger partial charge >= 0.3 is 0 Å². The fourth-order valence-electron chi connectivity index (χ4n) is 1.75. The van der Waals surface area contributed by atoms with Crippen molar-refractivity contribution in [2.75, 3.05) is 18.1 Å². The van der Waals surface area contributed by atoms with Crippen LogP contribution in [0.1, 0.15) is 17.2 Å². The molecule has 1 saturated heterocycles. The van der Waals surface area contributed by atoms with Gasteiger partial charge in [-0.1, -0.05) is 12.1 Å². The first-order valence-corrected chi connectivity index (χ1v) is 6.47. The zero-order valence-corrected chi connectivity index (χ0v) is 9.97. The first-order chi connectivity index (χ1) is 7.68. The van der Waals surface area contributed by atoms with Crippen LogP contribution in [0.15, 0.2) is 18.2 Å². The first kappa shape index (κ1) is 11.9. The standard InChI is InChI=1S/C12H15FO2S/c1-8-6-9(2-3-10(8)13)12(14)11-7-16-5-4-15-11/h2-3,6,11-12,14H,4-5,7H2,1H3. The van der Waals surface area contributed by atoms with Crippen molar-refractivity contribution in [3.63, 3.8) is 0 Å². The molecule has 1 fully saturated rings. The first-order valence-electron chi connectivity index (χ1n) is 5.32. The molecule has 0 aromatic heterocycles. The molecule has 1 aromatic rings. The summed E-state index contributed by atoms with van der Waals surface area (Å²) in [6.45, 7) is 2.37. The number of hydrogen-bond acceptors (Lipinski definition) is 3. The van der Waals surface area contributed by atoms with E-state index in [2.05, 4.69) is 0 Å². The molecule has 0 radical (unpaired) electrons. The summed E-state index contributed by atoms with van der Waals surface area (Å²) in [5.74, 6) is 1.53. The molecular formula is C12H15FO2S. The van der Waals surface area contributed by atoms with Crippen LogP contribution in [0.25, 0.3) is 0 Å². The number of aryl methyl sites for hydroxylation is 1. The van der Waals surface area contributed by atoms with E-state index in [1.54, 1.807) is 30.8 Å². The van der Waals surface area contributed by atoms with Gasteiger partial charge in [-0.25, -0.2) is 4.39 Å². The molecule has 0 saturated carbocycles. The Balaban J connectivity index is 2.12. The van der Waals surface area contributed by atoms with E-state index >= 15 is 0 Å². The fourth-order valence-corrected chi connectivity index (χ4v) is 2.65. The average Bonchev–Trinajstić information content (AvgIpc) is 2.33. The minimum Gasteiger partial charge on any atom is -0.386 e. The highest BCUT2D eigenvalue weighted by molar-refractivity contribution is 7.99. The van der Waals surface area contributed by atoms with Crippen LogP contribution in [0.5, 0.6) is 0 Å². The Morgan fingerprint density at radius 3 is 3.00 bits per heavy atom. The second-order valence-electron chi connectivity index (χ2n) is 3.94. The van der Waals surface area contributed by atoms with Crippen molar-refractivity contribution in [3.05, 3.63) is 35.1 Å². The summed E-state index contributed by atoms with van der Waals surface area (Å²) >= 11 is 1.77. The summed E-state index contributed by atoms with van der Waals surface area (Å²) in [6.07, 6.45) is -0.837. The highest BCUT2D eigenvalue weighted by Gasteiger charge is 2.24. The third kappa shape index (κ3) is 2.56. The predicted molar refractivity (Wildman–Crippen MR) is 63.2 cm³/mol. The summed E-state index contributed by atoms with van der Waals surface area (Å²) in [5.41, 5.74) is 1.28. The molecule has 1 aliphatic heterocycles. The number of hydrogen-bond donors (Lipinski definition) is 1. The van der Waals surface area contributed by atoms with Crippen LogP contribution in [-0.4, -0.2) is 29.3 Å². The Bertz CT molecular complexity index is 364. The third-order valence-corrected chi connectivity index (χ3v) is 3.74. The number of aliphatic hydroxyl groups excluding tert-OH is 1. The van der Waals surface area contributed by atoms with Gasteiger partial charge in [-0.3, -0.25) is 0 Å². The summed E-state index contributed by atoms with van der Waals surface area (Å²) in [5, 5.41) is 10.1. The Morgan fingerprint density at radius 2 is 2.38 bits per heavy atom. The molecule has 1 heterocycles. The van der Waals surface area contributed by atoms with Gasteiger partial charge in [-0.2, -0.15) is 11.8 Å². The summed E-state index contributed by atoms with van der Waals surface area (Å²) < 4.78 is 18.6. The average molecular weight is 242 g/mol. The van der Waals surface area contributed by atoms with Crippen molar-refractivity contribution < 1.29 is 14.2 Å². The second-order valence-corrected chi connectivity index (χ2v) is 5.09. The van der Waals surface area contributed by atoms with E-state index in [9.17, 15) is 9.50 Å². The highest BCUT2D eigenvalue weighted by Crippen LogP contribution is 2.26. The van der Waals surface area contributed by atoms with Crippen LogP contribution in [-0.2, 0) is 4.74 Å². The molecule has 4 heteroatoms. The maximum Gasteiger partial charge on any atom is 0.126 e. The molecular weight excluding hydrogens is 227 g/mol. The van der Waals surface area contributed by atoms with Gasteiger partial charge in [0.05, 0.1) is 12.7 Å². The molecule has 16 heavy (non-hydrogen) atoms. The lowest BCUT2D eigenvalue weighted by Gasteiger charge is -2.27. The van der Waals surface area contributed by atoms with Crippen molar-refractivity contribution in [2.45, 2.75) is 19.1 Å². The lowest BCUT2D eigenvalue weighted by atomic mass is 10.0. The smallest absolute Gasteiger partial charge is 0.126 e. The lowest BCUT2D eigenvalue weighted by Crippen LogP contribution is -2.29. The number of aliphatic hydroxyl groups is 1. The largest absolute Gasteiger partial charge is 0.386 e. The van der Waals surface area contributed by atoms with Gasteiger partial charge in [0, 0.05) is 11.5 Å². The lowest BCUT2D eigenvalue weighted by molar-refractivity contribution is -0.0227. The van der Waals surface area contributed by atoms with Crippen LogP contribution in [0.3, 0.4) is 0 Å². The van der Waals surface area contributed by atoms with Crippen LogP contribution in [0, 0.1) is 12.7 Å². The summed E-state index contributed by atoms with van der Waals surface area (Å²) in [6, 6.07) is 4.70. The Labute approximate surface area is 98.8 Å². The Hall–Kier alpha value is -0.580. The van der Waals surface area contributed by atoms with Crippen LogP contribution in [0.2, 0.25) is 0 Å². The van der Waals surface area contributed by atoms with Crippen LogP contribution in [0.4, 0.5) is 4.39 Å². The molecule has 2 atom stereocenters. The monoisotopic (exact) mass is 242 g/mol. The number of rotatable bonds is 2. The molecule has 0 amide bonds. The molecule has 1 aliphatic rings. The van der Waals surface area contributed by atoms with Gasteiger partial charge in [0.2, 0.25) is 0 Å². The Morgan fingerprint density at radius 1 is 1.56 bits per heavy atom. The van der Waals surface area contributed by atoms with Gasteiger partial charge in [0.15, 0.2) is 0 Å². The molecule has 1 aromatic carbocycles. The van der Waals surface area contributed by atoms with Crippen LogP contribution >= 0.6 is 11.8 Å². The maximum atomic E-state index is 13.1. The van der Waals surface area contributed by atoms with Gasteiger partial charge in [0.25, 0.3) is 0 Å².